The molecule has 0 radical (unpaired) electrons. The van der Waals surface area contributed by atoms with Crippen LogP contribution in [-0.2, 0) is 24.3 Å². The van der Waals surface area contributed by atoms with Crippen molar-refractivity contribution in [3.05, 3.63) is 60.2 Å². The fraction of sp³-hybridized carbons (Fsp3) is 0.333. The average Bonchev–Trinajstić information content (AvgIpc) is 3.14. The molecule has 2 aliphatic rings. The zero-order valence-electron chi connectivity index (χ0n) is 19.4. The lowest BCUT2D eigenvalue weighted by atomic mass is 9.98. The van der Waals surface area contributed by atoms with Crippen molar-refractivity contribution in [2.75, 3.05) is 43.6 Å². The fourth-order valence-electron chi connectivity index (χ4n) is 4.36. The Morgan fingerprint density at radius 2 is 1.71 bits per heavy atom. The molecule has 0 spiro atoms. The summed E-state index contributed by atoms with van der Waals surface area (Å²) in [5.74, 6) is -1.28. The van der Waals surface area contributed by atoms with E-state index in [1.807, 2.05) is 30.3 Å². The minimum Gasteiger partial charge on any atom is -0.457 e. The summed E-state index contributed by atoms with van der Waals surface area (Å²) in [4.78, 5) is 32.9. The van der Waals surface area contributed by atoms with E-state index in [0.717, 1.165) is 11.4 Å². The van der Waals surface area contributed by atoms with Crippen molar-refractivity contribution in [3.8, 4) is 6.07 Å². The van der Waals surface area contributed by atoms with E-state index < -0.39 is 34.3 Å². The number of carbonyl (C=O) groups excluding carboxylic acids is 2. The second-order valence-electron chi connectivity index (χ2n) is 8.32. The van der Waals surface area contributed by atoms with Crippen molar-refractivity contribution < 1.29 is 22.7 Å². The number of hydrogen-bond acceptors (Lipinski definition) is 9. The van der Waals surface area contributed by atoms with E-state index in [1.165, 1.54) is 22.8 Å². The van der Waals surface area contributed by atoms with Crippen LogP contribution in [0.3, 0.4) is 0 Å². The number of Topliss-reactive ketones (excluding diaryl/α,β-unsaturated/α-hetero) is 1. The molecule has 0 unspecified atom stereocenters. The number of benzene rings is 1. The number of nitrogens with zero attached hydrogens (tertiary/aromatic N) is 5. The molecule has 0 bridgehead atoms. The molecule has 3 heterocycles. The molecule has 1 saturated heterocycles. The van der Waals surface area contributed by atoms with E-state index in [0.29, 0.717) is 5.82 Å². The van der Waals surface area contributed by atoms with E-state index in [1.54, 1.807) is 30.0 Å². The quantitative estimate of drug-likeness (QED) is 0.336. The lowest BCUT2D eigenvalue weighted by Gasteiger charge is -2.30. The number of hydrogen-bond donors (Lipinski definition) is 0. The first-order valence-electron chi connectivity index (χ1n) is 11.1. The minimum absolute atomic E-state index is 0.101. The summed E-state index contributed by atoms with van der Waals surface area (Å²) in [6.07, 6.45) is 3.34. The van der Waals surface area contributed by atoms with Crippen LogP contribution in [0.1, 0.15) is 12.8 Å². The van der Waals surface area contributed by atoms with Crippen LogP contribution in [0.5, 0.6) is 0 Å². The van der Waals surface area contributed by atoms with Gasteiger partial charge in [0.2, 0.25) is 15.8 Å². The van der Waals surface area contributed by atoms with Gasteiger partial charge in [-0.15, -0.1) is 0 Å². The fourth-order valence-corrected chi connectivity index (χ4v) is 5.80. The topological polar surface area (TPSA) is 124 Å². The molecule has 35 heavy (non-hydrogen) atoms. The first kappa shape index (κ1) is 24.4. The Hall–Kier alpha value is -3.75. The van der Waals surface area contributed by atoms with E-state index in [-0.39, 0.29) is 36.4 Å². The molecule has 0 aliphatic carbocycles. The van der Waals surface area contributed by atoms with Crippen LogP contribution < -0.4 is 9.80 Å². The van der Waals surface area contributed by atoms with E-state index in [4.69, 9.17) is 4.74 Å². The molecule has 1 aromatic carbocycles. The summed E-state index contributed by atoms with van der Waals surface area (Å²) < 4.78 is 32.0. The van der Waals surface area contributed by atoms with Gasteiger partial charge in [0.1, 0.15) is 22.4 Å². The molecule has 0 atom stereocenters. The number of para-hydroxylation sites is 2. The van der Waals surface area contributed by atoms with Gasteiger partial charge in [-0.1, -0.05) is 12.1 Å². The number of anilines is 2. The molecule has 1 aromatic heterocycles. The highest BCUT2D eigenvalue weighted by Crippen LogP contribution is 2.40. The lowest BCUT2D eigenvalue weighted by molar-refractivity contribution is -0.152. The zero-order valence-corrected chi connectivity index (χ0v) is 20.2. The number of ketones is 1. The largest absolute Gasteiger partial charge is 0.457 e. The Labute approximate surface area is 204 Å². The van der Waals surface area contributed by atoms with Gasteiger partial charge < -0.3 is 14.5 Å². The average molecular weight is 496 g/mol. The Bertz CT molecular complexity index is 1280. The molecule has 2 aliphatic heterocycles. The van der Waals surface area contributed by atoms with Crippen LogP contribution in [0.2, 0.25) is 0 Å². The molecular weight excluding hydrogens is 470 g/mol. The predicted octanol–water partition coefficient (Wildman–Crippen LogP) is 1.92. The number of fused-ring (bicyclic) bond motifs is 1. The molecule has 0 saturated carbocycles. The normalized spacial score (nSPS) is 16.5. The predicted molar refractivity (Wildman–Crippen MR) is 128 cm³/mol. The summed E-state index contributed by atoms with van der Waals surface area (Å²) in [6, 6.07) is 12.5. The number of pyridine rings is 1. The van der Waals surface area contributed by atoms with E-state index in [2.05, 4.69) is 4.98 Å². The summed E-state index contributed by atoms with van der Waals surface area (Å²) in [5, 5.41) is 9.70. The van der Waals surface area contributed by atoms with Gasteiger partial charge in [-0.2, -0.15) is 9.57 Å². The van der Waals surface area contributed by atoms with Gasteiger partial charge in [0.25, 0.3) is 0 Å². The Balaban J connectivity index is 1.37. The van der Waals surface area contributed by atoms with E-state index >= 15 is 0 Å². The molecule has 1 fully saturated rings. The maximum absolute atomic E-state index is 12.8. The van der Waals surface area contributed by atoms with Crippen LogP contribution in [0.25, 0.3) is 0 Å². The summed E-state index contributed by atoms with van der Waals surface area (Å²) in [5.41, 5.74) is 1.61. The van der Waals surface area contributed by atoms with Gasteiger partial charge in [0, 0.05) is 39.6 Å². The van der Waals surface area contributed by atoms with Crippen molar-refractivity contribution >= 4 is 33.2 Å². The highest BCUT2D eigenvalue weighted by atomic mass is 32.2. The number of rotatable bonds is 6. The summed E-state index contributed by atoms with van der Waals surface area (Å²) in [6.45, 7) is -0.240. The zero-order chi connectivity index (χ0) is 25.2. The highest BCUT2D eigenvalue weighted by Gasteiger charge is 2.34. The SMILES string of the molecule is CN1C(=C(C#N)C(=O)COC(=O)C2CCN(S(=O)(=O)c3cccnc3)CC2)N(C)c2ccccc21. The number of nitriles is 1. The van der Waals surface area contributed by atoms with Gasteiger partial charge in [-0.25, -0.2) is 8.42 Å². The van der Waals surface area contributed by atoms with Crippen molar-refractivity contribution in [1.29, 1.82) is 5.26 Å². The second-order valence-corrected chi connectivity index (χ2v) is 10.3. The number of aromatic nitrogens is 1. The van der Waals surface area contributed by atoms with Gasteiger partial charge in [0.15, 0.2) is 6.61 Å². The smallest absolute Gasteiger partial charge is 0.309 e. The van der Waals surface area contributed by atoms with Crippen molar-refractivity contribution in [2.24, 2.45) is 5.92 Å². The molecule has 11 heteroatoms. The van der Waals surface area contributed by atoms with Gasteiger partial charge in [0.05, 0.1) is 17.3 Å². The number of carbonyl (C=O) groups is 2. The van der Waals surface area contributed by atoms with Gasteiger partial charge in [-0.3, -0.25) is 14.6 Å². The van der Waals surface area contributed by atoms with Crippen molar-refractivity contribution in [3.63, 3.8) is 0 Å². The van der Waals surface area contributed by atoms with Crippen LogP contribution in [0.4, 0.5) is 11.4 Å². The molecule has 0 N–H and O–H groups in total. The van der Waals surface area contributed by atoms with Crippen LogP contribution in [0.15, 0.2) is 65.1 Å². The molecule has 2 aromatic rings. The number of piperidine rings is 1. The first-order chi connectivity index (χ1) is 16.8. The second kappa shape index (κ2) is 9.85. The molecule has 10 nitrogen and oxygen atoms in total. The first-order valence-corrected chi connectivity index (χ1v) is 12.5. The van der Waals surface area contributed by atoms with Crippen LogP contribution in [0, 0.1) is 17.2 Å². The third-order valence-corrected chi connectivity index (χ3v) is 8.14. The summed E-state index contributed by atoms with van der Waals surface area (Å²) in [7, 11) is -0.150. The van der Waals surface area contributed by atoms with Crippen LogP contribution in [-0.4, -0.2) is 63.3 Å². The number of ether oxygens (including phenoxy) is 1. The maximum Gasteiger partial charge on any atom is 0.309 e. The third kappa shape index (κ3) is 4.62. The molecule has 4 rings (SSSR count). The van der Waals surface area contributed by atoms with Crippen molar-refractivity contribution in [1.82, 2.24) is 9.29 Å². The molecule has 182 valence electrons. The molecule has 0 amide bonds. The van der Waals surface area contributed by atoms with Crippen LogP contribution >= 0.6 is 0 Å². The van der Waals surface area contributed by atoms with Crippen molar-refractivity contribution in [2.45, 2.75) is 17.7 Å². The Morgan fingerprint density at radius 1 is 1.09 bits per heavy atom. The summed E-state index contributed by atoms with van der Waals surface area (Å²) >= 11 is 0. The minimum atomic E-state index is -3.68. The monoisotopic (exact) mass is 495 g/mol. The Morgan fingerprint density at radius 3 is 2.26 bits per heavy atom. The maximum atomic E-state index is 12.8. The highest BCUT2D eigenvalue weighted by molar-refractivity contribution is 7.89. The van der Waals surface area contributed by atoms with Gasteiger partial charge >= 0.3 is 5.97 Å². The number of sulfonamides is 1. The molecular formula is C24H25N5O5S. The third-order valence-electron chi connectivity index (χ3n) is 6.26. The Kier molecular flexibility index (Phi) is 6.86. The van der Waals surface area contributed by atoms with E-state index in [9.17, 15) is 23.3 Å². The van der Waals surface area contributed by atoms with Gasteiger partial charge in [-0.05, 0) is 37.1 Å². The number of esters is 1. The lowest BCUT2D eigenvalue weighted by Crippen LogP contribution is -2.40. The standard InChI is InChI=1S/C24H25N5O5S/c1-27-20-7-3-4-8-21(20)28(2)23(27)19(14-25)22(30)16-34-24(31)17-9-12-29(13-10-17)35(32,33)18-6-5-11-26-15-18/h3-8,11,15,17H,9-10,12-13,16H2,1-2H3.